The molecule has 1 aromatic heterocycles. The van der Waals surface area contributed by atoms with Crippen molar-refractivity contribution in [2.24, 2.45) is 0 Å². The van der Waals surface area contributed by atoms with Gasteiger partial charge >= 0.3 is 0 Å². The Morgan fingerprint density at radius 1 is 1.16 bits per heavy atom. The third kappa shape index (κ3) is 5.42. The summed E-state index contributed by atoms with van der Waals surface area (Å²) in [7, 11) is 0. The third-order valence-electron chi connectivity index (χ3n) is 2.94. The van der Waals surface area contributed by atoms with Crippen LogP contribution in [0.3, 0.4) is 0 Å². The van der Waals surface area contributed by atoms with Gasteiger partial charge < -0.3 is 10.6 Å². The molecular formula is C16H12ClFN4OS2. The van der Waals surface area contributed by atoms with E-state index in [1.54, 1.807) is 12.1 Å². The van der Waals surface area contributed by atoms with Gasteiger partial charge in [0.1, 0.15) is 5.82 Å². The number of halogens is 2. The van der Waals surface area contributed by atoms with E-state index in [4.69, 9.17) is 11.6 Å². The normalized spacial score (nSPS) is 10.5. The molecule has 0 fully saturated rings. The van der Waals surface area contributed by atoms with Crippen molar-refractivity contribution in [2.75, 3.05) is 16.4 Å². The van der Waals surface area contributed by atoms with Crippen molar-refractivity contribution in [2.45, 2.75) is 4.34 Å². The quantitative estimate of drug-likeness (QED) is 0.587. The van der Waals surface area contributed by atoms with Gasteiger partial charge in [-0.2, -0.15) is 0 Å². The maximum absolute atomic E-state index is 12.8. The summed E-state index contributed by atoms with van der Waals surface area (Å²) >= 11 is 8.55. The Hall–Kier alpha value is -2.16. The van der Waals surface area contributed by atoms with Gasteiger partial charge in [-0.25, -0.2) is 4.39 Å². The number of hydrogen-bond acceptors (Lipinski definition) is 6. The standard InChI is InChI=1S/C16H12ClFN4OS2/c17-10-2-1-3-13(8-10)20-15-21-22-16(25-15)24-9-14(23)19-12-6-4-11(18)5-7-12/h1-8H,9H2,(H,19,23)(H,20,21). The second-order valence-electron chi connectivity index (χ2n) is 4.85. The first kappa shape index (κ1) is 17.7. The number of nitrogens with one attached hydrogen (secondary N) is 2. The van der Waals surface area contributed by atoms with Crippen molar-refractivity contribution >= 4 is 57.1 Å². The number of hydrogen-bond donors (Lipinski definition) is 2. The van der Waals surface area contributed by atoms with Crippen molar-refractivity contribution in [1.29, 1.82) is 0 Å². The first-order valence-corrected chi connectivity index (χ1v) is 9.31. The number of thioether (sulfide) groups is 1. The predicted molar refractivity (Wildman–Crippen MR) is 100 cm³/mol. The lowest BCUT2D eigenvalue weighted by molar-refractivity contribution is -0.113. The molecule has 0 saturated heterocycles. The molecule has 5 nitrogen and oxygen atoms in total. The molecule has 2 aromatic carbocycles. The smallest absolute Gasteiger partial charge is 0.234 e. The number of anilines is 3. The summed E-state index contributed by atoms with van der Waals surface area (Å²) in [4.78, 5) is 11.9. The molecule has 3 aromatic rings. The van der Waals surface area contributed by atoms with Crippen molar-refractivity contribution in [3.63, 3.8) is 0 Å². The van der Waals surface area contributed by atoms with E-state index in [1.807, 2.05) is 12.1 Å². The van der Waals surface area contributed by atoms with Crippen molar-refractivity contribution in [3.8, 4) is 0 Å². The number of carbonyl (C=O) groups excluding carboxylic acids is 1. The first-order chi connectivity index (χ1) is 12.1. The lowest BCUT2D eigenvalue weighted by Gasteiger charge is -2.03. The molecule has 0 aliphatic heterocycles. The number of nitrogens with zero attached hydrogens (tertiary/aromatic N) is 2. The fourth-order valence-corrected chi connectivity index (χ4v) is 3.63. The highest BCUT2D eigenvalue weighted by atomic mass is 35.5. The Morgan fingerprint density at radius 2 is 1.96 bits per heavy atom. The Morgan fingerprint density at radius 3 is 2.72 bits per heavy atom. The van der Waals surface area contributed by atoms with Crippen LogP contribution in [-0.2, 0) is 4.79 Å². The second kappa shape index (κ2) is 8.28. The van der Waals surface area contributed by atoms with Crippen molar-refractivity contribution in [1.82, 2.24) is 10.2 Å². The fourth-order valence-electron chi connectivity index (χ4n) is 1.87. The molecule has 25 heavy (non-hydrogen) atoms. The van der Waals surface area contributed by atoms with Crippen molar-refractivity contribution in [3.05, 3.63) is 59.4 Å². The average Bonchev–Trinajstić information content (AvgIpc) is 3.03. The van der Waals surface area contributed by atoms with Gasteiger partial charge in [0.15, 0.2) is 4.34 Å². The molecular weight excluding hydrogens is 383 g/mol. The Bertz CT molecular complexity index is 873. The zero-order valence-corrected chi connectivity index (χ0v) is 15.1. The van der Waals surface area contributed by atoms with Gasteiger partial charge in [0, 0.05) is 16.4 Å². The number of aromatic nitrogens is 2. The van der Waals surface area contributed by atoms with Gasteiger partial charge in [-0.1, -0.05) is 40.8 Å². The van der Waals surface area contributed by atoms with E-state index in [9.17, 15) is 9.18 Å². The van der Waals surface area contributed by atoms with Crippen molar-refractivity contribution < 1.29 is 9.18 Å². The van der Waals surface area contributed by atoms with Crippen LogP contribution in [0.25, 0.3) is 0 Å². The van der Waals surface area contributed by atoms with Crippen LogP contribution in [-0.4, -0.2) is 21.9 Å². The number of carbonyl (C=O) groups is 1. The van der Waals surface area contributed by atoms with Gasteiger partial charge in [-0.15, -0.1) is 10.2 Å². The van der Waals surface area contributed by atoms with E-state index in [0.29, 0.717) is 20.2 Å². The summed E-state index contributed by atoms with van der Waals surface area (Å²) in [6.45, 7) is 0. The Kier molecular flexibility index (Phi) is 5.85. The maximum atomic E-state index is 12.8. The first-order valence-electron chi connectivity index (χ1n) is 7.13. The molecule has 3 rings (SSSR count). The minimum absolute atomic E-state index is 0.184. The summed E-state index contributed by atoms with van der Waals surface area (Å²) in [5, 5.41) is 15.1. The minimum atomic E-state index is -0.346. The van der Waals surface area contributed by atoms with Gasteiger partial charge in [-0.05, 0) is 42.5 Å². The van der Waals surface area contributed by atoms with Crippen LogP contribution in [0, 0.1) is 5.82 Å². The van der Waals surface area contributed by atoms with Crippen LogP contribution in [0.15, 0.2) is 52.9 Å². The highest BCUT2D eigenvalue weighted by Gasteiger charge is 2.09. The topological polar surface area (TPSA) is 66.9 Å². The largest absolute Gasteiger partial charge is 0.330 e. The molecule has 0 unspecified atom stereocenters. The van der Waals surface area contributed by atoms with Gasteiger partial charge in [0.25, 0.3) is 0 Å². The number of amides is 1. The van der Waals surface area contributed by atoms with Crippen LogP contribution in [0.4, 0.5) is 20.9 Å². The summed E-state index contributed by atoms with van der Waals surface area (Å²) in [6.07, 6.45) is 0. The lowest BCUT2D eigenvalue weighted by Crippen LogP contribution is -2.13. The third-order valence-corrected chi connectivity index (χ3v) is 5.14. The number of benzene rings is 2. The zero-order chi connectivity index (χ0) is 17.6. The van der Waals surface area contributed by atoms with Gasteiger partial charge in [0.05, 0.1) is 5.75 Å². The summed E-state index contributed by atoms with van der Waals surface area (Å²) in [6, 6.07) is 12.9. The van der Waals surface area contributed by atoms with E-state index in [1.165, 1.54) is 47.4 Å². The molecule has 9 heteroatoms. The van der Waals surface area contributed by atoms with E-state index in [2.05, 4.69) is 20.8 Å². The van der Waals surface area contributed by atoms with E-state index < -0.39 is 0 Å². The van der Waals surface area contributed by atoms with E-state index >= 15 is 0 Å². The molecule has 1 amide bonds. The van der Waals surface area contributed by atoms with Crippen LogP contribution >= 0.6 is 34.7 Å². The molecule has 0 saturated carbocycles. The summed E-state index contributed by atoms with van der Waals surface area (Å²) < 4.78 is 13.5. The molecule has 0 bridgehead atoms. The van der Waals surface area contributed by atoms with Gasteiger partial charge in [0.2, 0.25) is 11.0 Å². The van der Waals surface area contributed by atoms with E-state index in [0.717, 1.165) is 5.69 Å². The van der Waals surface area contributed by atoms with Gasteiger partial charge in [-0.3, -0.25) is 4.79 Å². The molecule has 0 aliphatic carbocycles. The Labute approximate surface area is 156 Å². The van der Waals surface area contributed by atoms with Crippen LogP contribution < -0.4 is 10.6 Å². The molecule has 128 valence electrons. The molecule has 2 N–H and O–H groups in total. The monoisotopic (exact) mass is 394 g/mol. The maximum Gasteiger partial charge on any atom is 0.234 e. The summed E-state index contributed by atoms with van der Waals surface area (Å²) in [5.74, 6) is -0.361. The van der Waals surface area contributed by atoms with Crippen LogP contribution in [0.2, 0.25) is 5.02 Å². The minimum Gasteiger partial charge on any atom is -0.330 e. The second-order valence-corrected chi connectivity index (χ2v) is 7.49. The summed E-state index contributed by atoms with van der Waals surface area (Å²) in [5.41, 5.74) is 1.36. The predicted octanol–water partition coefficient (Wildman–Crippen LogP) is 4.81. The average molecular weight is 395 g/mol. The SMILES string of the molecule is O=C(CSc1nnc(Nc2cccc(Cl)c2)s1)Nc1ccc(F)cc1. The highest BCUT2D eigenvalue weighted by Crippen LogP contribution is 2.28. The molecule has 1 heterocycles. The van der Waals surface area contributed by atoms with Crippen LogP contribution in [0.1, 0.15) is 0 Å². The zero-order valence-electron chi connectivity index (χ0n) is 12.7. The Balaban J connectivity index is 1.51. The van der Waals surface area contributed by atoms with Crippen LogP contribution in [0.5, 0.6) is 0 Å². The molecule has 0 atom stereocenters. The van der Waals surface area contributed by atoms with E-state index in [-0.39, 0.29) is 17.5 Å². The highest BCUT2D eigenvalue weighted by molar-refractivity contribution is 8.01. The fraction of sp³-hybridized carbons (Fsp3) is 0.0625. The molecule has 0 spiro atoms. The molecule has 0 radical (unpaired) electrons. The number of rotatable bonds is 6. The molecule has 0 aliphatic rings. The lowest BCUT2D eigenvalue weighted by atomic mass is 10.3.